The molecular formula is C19H21NO3S. The van der Waals surface area contributed by atoms with Gasteiger partial charge in [0.1, 0.15) is 0 Å². The molecule has 24 heavy (non-hydrogen) atoms. The topological polar surface area (TPSA) is 55.4 Å². The number of carbonyl (C=O) groups is 2. The van der Waals surface area contributed by atoms with E-state index in [0.717, 1.165) is 17.7 Å². The summed E-state index contributed by atoms with van der Waals surface area (Å²) < 4.78 is 4.71. The number of esters is 1. The molecule has 0 spiro atoms. The van der Waals surface area contributed by atoms with E-state index in [1.54, 1.807) is 12.1 Å². The Hall–Kier alpha value is -2.27. The van der Waals surface area contributed by atoms with E-state index in [0.29, 0.717) is 17.1 Å². The van der Waals surface area contributed by atoms with Crippen LogP contribution in [0.4, 0.5) is 5.69 Å². The number of ether oxygens (including phenoxy) is 1. The number of methoxy groups -OCH3 is 1. The molecule has 5 heteroatoms. The predicted octanol–water partition coefficient (Wildman–Crippen LogP) is 3.91. The Balaban J connectivity index is 1.80. The molecule has 0 aliphatic rings. The summed E-state index contributed by atoms with van der Waals surface area (Å²) in [6, 6.07) is 15.1. The summed E-state index contributed by atoms with van der Waals surface area (Å²) in [5, 5.41) is 2.88. The Morgan fingerprint density at radius 1 is 1.08 bits per heavy atom. The molecule has 0 radical (unpaired) electrons. The van der Waals surface area contributed by atoms with E-state index in [-0.39, 0.29) is 11.9 Å². The number of anilines is 1. The Bertz CT molecular complexity index is 698. The van der Waals surface area contributed by atoms with E-state index in [4.69, 9.17) is 4.74 Å². The van der Waals surface area contributed by atoms with Crippen LogP contribution in [0.3, 0.4) is 0 Å². The lowest BCUT2D eigenvalue weighted by Gasteiger charge is -2.07. The molecule has 0 heterocycles. The van der Waals surface area contributed by atoms with E-state index >= 15 is 0 Å². The van der Waals surface area contributed by atoms with Crippen molar-refractivity contribution in [3.8, 4) is 0 Å². The number of aryl methyl sites for hydroxylation is 1. The Morgan fingerprint density at radius 2 is 1.83 bits per heavy atom. The molecule has 1 N–H and O–H groups in total. The van der Waals surface area contributed by atoms with Crippen molar-refractivity contribution in [3.63, 3.8) is 0 Å². The SMILES string of the molecule is CCc1ccc(NC(=O)CSCc2cccc(C(=O)OC)c2)cc1. The van der Waals surface area contributed by atoms with Crippen LogP contribution in [0.1, 0.15) is 28.4 Å². The lowest BCUT2D eigenvalue weighted by atomic mass is 10.1. The normalized spacial score (nSPS) is 10.2. The molecule has 0 bridgehead atoms. The van der Waals surface area contributed by atoms with Crippen LogP contribution in [-0.2, 0) is 21.7 Å². The Morgan fingerprint density at radius 3 is 2.50 bits per heavy atom. The summed E-state index contributed by atoms with van der Waals surface area (Å²) in [6.07, 6.45) is 0.981. The van der Waals surface area contributed by atoms with Gasteiger partial charge in [-0.1, -0.05) is 31.2 Å². The number of amides is 1. The highest BCUT2D eigenvalue weighted by atomic mass is 32.2. The number of rotatable bonds is 7. The highest BCUT2D eigenvalue weighted by Crippen LogP contribution is 2.16. The largest absolute Gasteiger partial charge is 0.465 e. The fourth-order valence-electron chi connectivity index (χ4n) is 2.19. The first-order chi connectivity index (χ1) is 11.6. The minimum Gasteiger partial charge on any atom is -0.465 e. The molecule has 2 aromatic carbocycles. The van der Waals surface area contributed by atoms with Crippen molar-refractivity contribution in [2.45, 2.75) is 19.1 Å². The highest BCUT2D eigenvalue weighted by molar-refractivity contribution is 7.99. The molecule has 126 valence electrons. The first-order valence-corrected chi connectivity index (χ1v) is 8.91. The third-order valence-corrected chi connectivity index (χ3v) is 4.50. The molecular weight excluding hydrogens is 322 g/mol. The standard InChI is InChI=1S/C19H21NO3S/c1-3-14-7-9-17(10-8-14)20-18(21)13-24-12-15-5-4-6-16(11-15)19(22)23-2/h4-11H,3,12-13H2,1-2H3,(H,20,21). The van der Waals surface area contributed by atoms with Gasteiger partial charge < -0.3 is 10.1 Å². The van der Waals surface area contributed by atoms with Crippen LogP contribution in [0, 0.1) is 0 Å². The Kier molecular flexibility index (Phi) is 6.88. The van der Waals surface area contributed by atoms with Gasteiger partial charge in [-0.15, -0.1) is 11.8 Å². The molecule has 0 fully saturated rings. The van der Waals surface area contributed by atoms with Gasteiger partial charge in [-0.2, -0.15) is 0 Å². The average molecular weight is 343 g/mol. The maximum atomic E-state index is 12.0. The smallest absolute Gasteiger partial charge is 0.337 e. The first-order valence-electron chi connectivity index (χ1n) is 7.76. The number of hydrogen-bond acceptors (Lipinski definition) is 4. The zero-order valence-corrected chi connectivity index (χ0v) is 14.7. The van der Waals surface area contributed by atoms with Gasteiger partial charge >= 0.3 is 5.97 Å². The molecule has 0 unspecified atom stereocenters. The number of thioether (sulfide) groups is 1. The van der Waals surface area contributed by atoms with Crippen molar-refractivity contribution in [1.29, 1.82) is 0 Å². The van der Waals surface area contributed by atoms with Crippen molar-refractivity contribution in [2.75, 3.05) is 18.2 Å². The van der Waals surface area contributed by atoms with Crippen molar-refractivity contribution in [2.24, 2.45) is 0 Å². The quantitative estimate of drug-likeness (QED) is 0.775. The minimum atomic E-state index is -0.352. The molecule has 0 saturated heterocycles. The van der Waals surface area contributed by atoms with Gasteiger partial charge in [0.05, 0.1) is 18.4 Å². The monoisotopic (exact) mass is 343 g/mol. The zero-order chi connectivity index (χ0) is 17.4. The maximum Gasteiger partial charge on any atom is 0.337 e. The first kappa shape index (κ1) is 18.1. The summed E-state index contributed by atoms with van der Waals surface area (Å²) in [5.41, 5.74) is 3.57. The van der Waals surface area contributed by atoms with Crippen LogP contribution in [0.2, 0.25) is 0 Å². The van der Waals surface area contributed by atoms with Crippen molar-refractivity contribution in [1.82, 2.24) is 0 Å². The molecule has 2 aromatic rings. The third kappa shape index (κ3) is 5.42. The van der Waals surface area contributed by atoms with Crippen molar-refractivity contribution < 1.29 is 14.3 Å². The molecule has 0 atom stereocenters. The van der Waals surface area contributed by atoms with Gasteiger partial charge in [0, 0.05) is 11.4 Å². The molecule has 0 aromatic heterocycles. The second kappa shape index (κ2) is 9.13. The predicted molar refractivity (Wildman–Crippen MR) is 98.4 cm³/mol. The van der Waals surface area contributed by atoms with Crippen LogP contribution in [0.5, 0.6) is 0 Å². The maximum absolute atomic E-state index is 12.0. The molecule has 1 amide bonds. The van der Waals surface area contributed by atoms with Crippen LogP contribution >= 0.6 is 11.8 Å². The van der Waals surface area contributed by atoms with Gasteiger partial charge in [0.25, 0.3) is 0 Å². The molecule has 2 rings (SSSR count). The van der Waals surface area contributed by atoms with Gasteiger partial charge in [-0.05, 0) is 41.8 Å². The fraction of sp³-hybridized carbons (Fsp3) is 0.263. The summed E-state index contributed by atoms with van der Waals surface area (Å²) in [4.78, 5) is 23.5. The molecule has 0 aliphatic heterocycles. The molecule has 4 nitrogen and oxygen atoms in total. The number of carbonyl (C=O) groups excluding carboxylic acids is 2. The van der Waals surface area contributed by atoms with Crippen LogP contribution < -0.4 is 5.32 Å². The second-order valence-corrected chi connectivity index (χ2v) is 6.27. The number of nitrogens with one attached hydrogen (secondary N) is 1. The van der Waals surface area contributed by atoms with Gasteiger partial charge in [0.15, 0.2) is 0 Å². The van der Waals surface area contributed by atoms with Crippen molar-refractivity contribution in [3.05, 3.63) is 65.2 Å². The van der Waals surface area contributed by atoms with Crippen molar-refractivity contribution >= 4 is 29.3 Å². The summed E-state index contributed by atoms with van der Waals surface area (Å²) in [5.74, 6) is 0.633. The summed E-state index contributed by atoms with van der Waals surface area (Å²) in [7, 11) is 1.36. The van der Waals surface area contributed by atoms with E-state index in [2.05, 4.69) is 12.2 Å². The van der Waals surface area contributed by atoms with Crippen LogP contribution in [0.15, 0.2) is 48.5 Å². The van der Waals surface area contributed by atoms with Gasteiger partial charge in [-0.25, -0.2) is 4.79 Å². The number of benzene rings is 2. The summed E-state index contributed by atoms with van der Waals surface area (Å²) >= 11 is 1.51. The number of hydrogen-bond donors (Lipinski definition) is 1. The van der Waals surface area contributed by atoms with Crippen LogP contribution in [0.25, 0.3) is 0 Å². The van der Waals surface area contributed by atoms with E-state index < -0.39 is 0 Å². The Labute approximate surface area is 146 Å². The second-order valence-electron chi connectivity index (χ2n) is 5.28. The summed E-state index contributed by atoms with van der Waals surface area (Å²) in [6.45, 7) is 2.10. The fourth-order valence-corrected chi connectivity index (χ4v) is 2.96. The average Bonchev–Trinajstić information content (AvgIpc) is 2.62. The zero-order valence-electron chi connectivity index (χ0n) is 13.9. The third-order valence-electron chi connectivity index (χ3n) is 3.50. The van der Waals surface area contributed by atoms with E-state index in [9.17, 15) is 9.59 Å². The van der Waals surface area contributed by atoms with E-state index in [1.165, 1.54) is 24.4 Å². The lowest BCUT2D eigenvalue weighted by molar-refractivity contribution is -0.113. The van der Waals surface area contributed by atoms with E-state index in [1.807, 2.05) is 36.4 Å². The van der Waals surface area contributed by atoms with Gasteiger partial charge in [-0.3, -0.25) is 4.79 Å². The lowest BCUT2D eigenvalue weighted by Crippen LogP contribution is -2.14. The van der Waals surface area contributed by atoms with Gasteiger partial charge in [0.2, 0.25) is 5.91 Å². The molecule has 0 aliphatic carbocycles. The van der Waals surface area contributed by atoms with Crippen LogP contribution in [-0.4, -0.2) is 24.7 Å². The minimum absolute atomic E-state index is 0.0339. The molecule has 0 saturated carbocycles. The highest BCUT2D eigenvalue weighted by Gasteiger charge is 2.07.